The molecule has 0 radical (unpaired) electrons. The van der Waals surface area contributed by atoms with Crippen LogP contribution in [0.15, 0.2) is 29.4 Å². The molecule has 0 atom stereocenters. The van der Waals surface area contributed by atoms with Gasteiger partial charge in [-0.15, -0.1) is 35.7 Å². The van der Waals surface area contributed by atoms with Crippen LogP contribution in [0.2, 0.25) is 0 Å². The zero-order valence-electron chi connectivity index (χ0n) is 5.07. The highest BCUT2D eigenvalue weighted by molar-refractivity contribution is 14.0. The molecule has 0 aliphatic heterocycles. The average molecular weight is 253 g/mol. The molecule has 3 heteroatoms. The first-order valence-electron chi connectivity index (χ1n) is 2.37. The Balaban J connectivity index is 0.000000640. The van der Waals surface area contributed by atoms with Gasteiger partial charge in [0.05, 0.1) is 0 Å². The van der Waals surface area contributed by atoms with E-state index in [1.165, 1.54) is 4.90 Å². The highest BCUT2D eigenvalue weighted by Crippen LogP contribution is 2.10. The van der Waals surface area contributed by atoms with Crippen molar-refractivity contribution in [3.63, 3.8) is 0 Å². The number of thioether (sulfide) groups is 1. The second-order valence-corrected chi connectivity index (χ2v) is 2.27. The summed E-state index contributed by atoms with van der Waals surface area (Å²) in [5, 5.41) is 0. The monoisotopic (exact) mass is 253 g/mol. The second kappa shape index (κ2) is 5.05. The molecular weight excluding hydrogens is 245 g/mol. The van der Waals surface area contributed by atoms with Gasteiger partial charge in [-0.2, -0.15) is 0 Å². The Morgan fingerprint density at radius 1 is 1.33 bits per heavy atom. The van der Waals surface area contributed by atoms with Crippen LogP contribution in [0.1, 0.15) is 0 Å². The summed E-state index contributed by atoms with van der Waals surface area (Å²) < 4.78 is 0. The highest BCUT2D eigenvalue weighted by atomic mass is 127. The number of nitrogens with zero attached hydrogens (tertiary/aromatic N) is 1. The van der Waals surface area contributed by atoms with Gasteiger partial charge in [-0.1, -0.05) is 0 Å². The van der Waals surface area contributed by atoms with Crippen LogP contribution in [0.4, 0.5) is 0 Å². The predicted molar refractivity (Wildman–Crippen MR) is 51.4 cm³/mol. The summed E-state index contributed by atoms with van der Waals surface area (Å²) in [7, 11) is 0. The molecule has 0 saturated carbocycles. The highest BCUT2D eigenvalue weighted by Gasteiger charge is 1.81. The van der Waals surface area contributed by atoms with E-state index >= 15 is 0 Å². The molecule has 0 aliphatic rings. The first-order valence-corrected chi connectivity index (χ1v) is 3.60. The quantitative estimate of drug-likeness (QED) is 0.563. The largest absolute Gasteiger partial charge is 0.265 e. The average Bonchev–Trinajstić information content (AvgIpc) is 1.90. The van der Waals surface area contributed by atoms with E-state index in [2.05, 4.69) is 11.2 Å². The van der Waals surface area contributed by atoms with Crippen LogP contribution in [0.5, 0.6) is 0 Å². The molecule has 1 rings (SSSR count). The van der Waals surface area contributed by atoms with Crippen LogP contribution in [0.25, 0.3) is 0 Å². The lowest BCUT2D eigenvalue weighted by molar-refractivity contribution is 1.27. The fourth-order valence-electron chi connectivity index (χ4n) is 0.474. The van der Waals surface area contributed by atoms with Crippen LogP contribution in [-0.2, 0) is 0 Å². The topological polar surface area (TPSA) is 12.9 Å². The fourth-order valence-corrected chi connectivity index (χ4v) is 0.868. The number of halogens is 1. The van der Waals surface area contributed by atoms with Gasteiger partial charge < -0.3 is 0 Å². The molecule has 1 aromatic heterocycles. The number of rotatable bonds is 1. The summed E-state index contributed by atoms with van der Waals surface area (Å²) in [4.78, 5) is 5.14. The zero-order valence-corrected chi connectivity index (χ0v) is 8.22. The fraction of sp³-hybridized carbons (Fsp3) is 0.167. The lowest BCUT2D eigenvalue weighted by Gasteiger charge is -1.88. The third-order valence-electron chi connectivity index (χ3n) is 0.885. The number of pyridine rings is 1. The van der Waals surface area contributed by atoms with Gasteiger partial charge in [0.2, 0.25) is 0 Å². The van der Waals surface area contributed by atoms with Gasteiger partial charge in [0.15, 0.2) is 0 Å². The van der Waals surface area contributed by atoms with E-state index in [0.29, 0.717) is 0 Å². The van der Waals surface area contributed by atoms with Gasteiger partial charge in [-0.3, -0.25) is 4.98 Å². The molecule has 1 nitrogen and oxygen atoms in total. The summed E-state index contributed by atoms with van der Waals surface area (Å²) in [6.07, 6.45) is 5.65. The Morgan fingerprint density at radius 3 is 2.22 bits per heavy atom. The summed E-state index contributed by atoms with van der Waals surface area (Å²) >= 11 is 1.73. The van der Waals surface area contributed by atoms with E-state index < -0.39 is 0 Å². The van der Waals surface area contributed by atoms with Crippen molar-refractivity contribution in [3.05, 3.63) is 24.5 Å². The molecule has 0 unspecified atom stereocenters. The number of hydrogen-bond donors (Lipinski definition) is 0. The summed E-state index contributed by atoms with van der Waals surface area (Å²) in [6, 6.07) is 3.98. The van der Waals surface area contributed by atoms with E-state index in [1.807, 2.05) is 12.1 Å². The third-order valence-corrected chi connectivity index (χ3v) is 1.63. The lowest BCUT2D eigenvalue weighted by atomic mass is 10.5. The standard InChI is InChI=1S/C6H7NS.HI/c1-8-6-2-4-7-5-3-6;/h2-5H,1H3;1H. The van der Waals surface area contributed by atoms with E-state index in [-0.39, 0.29) is 24.0 Å². The van der Waals surface area contributed by atoms with Crippen LogP contribution < -0.4 is 0 Å². The molecule has 1 aromatic rings. The molecule has 0 bridgehead atoms. The molecule has 9 heavy (non-hydrogen) atoms. The Kier molecular flexibility index (Phi) is 5.18. The second-order valence-electron chi connectivity index (χ2n) is 1.39. The minimum absolute atomic E-state index is 0. The van der Waals surface area contributed by atoms with Crippen molar-refractivity contribution in [2.45, 2.75) is 4.90 Å². The maximum absolute atomic E-state index is 3.88. The predicted octanol–water partition coefficient (Wildman–Crippen LogP) is 2.42. The van der Waals surface area contributed by atoms with Crippen molar-refractivity contribution in [3.8, 4) is 0 Å². The van der Waals surface area contributed by atoms with Crippen molar-refractivity contribution in [1.82, 2.24) is 4.98 Å². The normalized spacial score (nSPS) is 8.11. The van der Waals surface area contributed by atoms with Crippen molar-refractivity contribution < 1.29 is 0 Å². The van der Waals surface area contributed by atoms with Crippen LogP contribution in [-0.4, -0.2) is 11.2 Å². The van der Waals surface area contributed by atoms with Gasteiger partial charge in [-0.05, 0) is 18.4 Å². The first kappa shape index (κ1) is 9.23. The maximum Gasteiger partial charge on any atom is 0.0278 e. The summed E-state index contributed by atoms with van der Waals surface area (Å²) in [5.74, 6) is 0. The van der Waals surface area contributed by atoms with Gasteiger partial charge in [0.25, 0.3) is 0 Å². The lowest BCUT2D eigenvalue weighted by Crippen LogP contribution is -1.68. The minimum Gasteiger partial charge on any atom is -0.265 e. The Bertz CT molecular complexity index is 154. The SMILES string of the molecule is CSc1ccncc1.I. The van der Waals surface area contributed by atoms with Gasteiger partial charge in [0, 0.05) is 17.3 Å². The van der Waals surface area contributed by atoms with Crippen molar-refractivity contribution in [1.29, 1.82) is 0 Å². The molecule has 0 spiro atoms. The molecule has 0 aromatic carbocycles. The molecule has 0 aliphatic carbocycles. The Morgan fingerprint density at radius 2 is 1.89 bits per heavy atom. The van der Waals surface area contributed by atoms with Crippen molar-refractivity contribution in [2.24, 2.45) is 0 Å². The maximum atomic E-state index is 3.88. The van der Waals surface area contributed by atoms with Gasteiger partial charge >= 0.3 is 0 Å². The van der Waals surface area contributed by atoms with Crippen LogP contribution in [0, 0.1) is 0 Å². The van der Waals surface area contributed by atoms with Gasteiger partial charge in [0.1, 0.15) is 0 Å². The van der Waals surface area contributed by atoms with E-state index in [4.69, 9.17) is 0 Å². The number of aromatic nitrogens is 1. The first-order chi connectivity index (χ1) is 3.93. The number of hydrogen-bond acceptors (Lipinski definition) is 2. The van der Waals surface area contributed by atoms with Crippen molar-refractivity contribution in [2.75, 3.05) is 6.26 Å². The summed E-state index contributed by atoms with van der Waals surface area (Å²) in [5.41, 5.74) is 0. The molecule has 0 saturated heterocycles. The molecule has 1 heterocycles. The third kappa shape index (κ3) is 3.05. The van der Waals surface area contributed by atoms with Gasteiger partial charge in [-0.25, -0.2) is 0 Å². The molecule has 0 amide bonds. The van der Waals surface area contributed by atoms with E-state index in [1.54, 1.807) is 24.2 Å². The minimum atomic E-state index is 0. The van der Waals surface area contributed by atoms with E-state index in [9.17, 15) is 0 Å². The molecule has 50 valence electrons. The van der Waals surface area contributed by atoms with Crippen LogP contribution in [0.3, 0.4) is 0 Å². The Labute approximate surface area is 76.3 Å². The molecule has 0 N–H and O–H groups in total. The van der Waals surface area contributed by atoms with Crippen LogP contribution >= 0.6 is 35.7 Å². The van der Waals surface area contributed by atoms with Crippen molar-refractivity contribution >= 4 is 35.7 Å². The molecule has 0 fully saturated rings. The summed E-state index contributed by atoms with van der Waals surface area (Å²) in [6.45, 7) is 0. The Hall–Kier alpha value is 0.230. The zero-order chi connectivity index (χ0) is 5.82. The van der Waals surface area contributed by atoms with E-state index in [0.717, 1.165) is 0 Å². The molecular formula is C6H8INS. The smallest absolute Gasteiger partial charge is 0.0278 e.